The zero-order valence-corrected chi connectivity index (χ0v) is 15.4. The fourth-order valence-corrected chi connectivity index (χ4v) is 2.76. The van der Waals surface area contributed by atoms with Gasteiger partial charge in [0.05, 0.1) is 0 Å². The van der Waals surface area contributed by atoms with Crippen LogP contribution in [0.15, 0.2) is 33.5 Å². The summed E-state index contributed by atoms with van der Waals surface area (Å²) >= 11 is 0. The topological polar surface area (TPSA) is 68.5 Å². The third-order valence-corrected chi connectivity index (χ3v) is 4.12. The van der Waals surface area contributed by atoms with Gasteiger partial charge in [0.25, 0.3) is 5.91 Å². The molecule has 1 aromatic heterocycles. The molecule has 1 atom stereocenters. The maximum absolute atomic E-state index is 12.0. The number of carbonyl (C=O) groups is 1. The highest BCUT2D eigenvalue weighted by atomic mass is 16.5. The van der Waals surface area contributed by atoms with E-state index in [0.717, 1.165) is 23.8 Å². The Labute approximate surface area is 148 Å². The van der Waals surface area contributed by atoms with Gasteiger partial charge in [-0.2, -0.15) is 0 Å². The molecule has 0 aliphatic heterocycles. The molecule has 0 saturated carbocycles. The Morgan fingerprint density at radius 3 is 2.68 bits per heavy atom. The Balaban J connectivity index is 1.87. The van der Waals surface area contributed by atoms with E-state index in [1.165, 1.54) is 12.5 Å². The summed E-state index contributed by atoms with van der Waals surface area (Å²) in [7, 11) is 0. The highest BCUT2D eigenvalue weighted by molar-refractivity contribution is 5.81. The number of carbonyl (C=O) groups excluding carboxylic acids is 1. The number of aryl methyl sites for hydroxylation is 1. The van der Waals surface area contributed by atoms with Gasteiger partial charge in [0.15, 0.2) is 6.61 Å². The largest absolute Gasteiger partial charge is 0.484 e. The molecule has 0 radical (unpaired) electrons. The van der Waals surface area contributed by atoms with E-state index in [1.54, 1.807) is 12.1 Å². The third kappa shape index (κ3) is 5.93. The second kappa shape index (κ2) is 8.70. The van der Waals surface area contributed by atoms with Crippen molar-refractivity contribution in [3.8, 4) is 5.75 Å². The average Bonchev–Trinajstić information content (AvgIpc) is 2.52. The quantitative estimate of drug-likeness (QED) is 0.739. The van der Waals surface area contributed by atoms with Gasteiger partial charge in [0.1, 0.15) is 11.3 Å². The van der Waals surface area contributed by atoms with E-state index in [2.05, 4.69) is 19.2 Å². The number of ether oxygens (including phenoxy) is 1. The highest BCUT2D eigenvalue weighted by Gasteiger charge is 2.09. The van der Waals surface area contributed by atoms with Crippen LogP contribution in [0.2, 0.25) is 0 Å². The summed E-state index contributed by atoms with van der Waals surface area (Å²) in [5, 5.41) is 3.80. The van der Waals surface area contributed by atoms with E-state index in [-0.39, 0.29) is 18.6 Å². The Hall–Kier alpha value is -2.30. The van der Waals surface area contributed by atoms with Crippen LogP contribution in [0.5, 0.6) is 5.75 Å². The van der Waals surface area contributed by atoms with Gasteiger partial charge in [-0.05, 0) is 43.9 Å². The van der Waals surface area contributed by atoms with Crippen LogP contribution in [0.4, 0.5) is 0 Å². The normalized spacial score (nSPS) is 12.4. The fourth-order valence-electron chi connectivity index (χ4n) is 2.76. The van der Waals surface area contributed by atoms with Gasteiger partial charge in [0, 0.05) is 23.6 Å². The van der Waals surface area contributed by atoms with E-state index in [4.69, 9.17) is 9.15 Å². The van der Waals surface area contributed by atoms with Crippen molar-refractivity contribution >= 4 is 16.9 Å². The van der Waals surface area contributed by atoms with Crippen LogP contribution in [0, 0.1) is 12.8 Å². The van der Waals surface area contributed by atoms with Crippen molar-refractivity contribution in [2.24, 2.45) is 5.92 Å². The highest BCUT2D eigenvalue weighted by Crippen LogP contribution is 2.22. The lowest BCUT2D eigenvalue weighted by Gasteiger charge is -2.15. The van der Waals surface area contributed by atoms with Crippen molar-refractivity contribution in [1.82, 2.24) is 5.32 Å². The monoisotopic (exact) mass is 345 g/mol. The second-order valence-electron chi connectivity index (χ2n) is 6.99. The predicted molar refractivity (Wildman–Crippen MR) is 99.0 cm³/mol. The minimum atomic E-state index is -0.393. The summed E-state index contributed by atoms with van der Waals surface area (Å²) < 4.78 is 10.7. The van der Waals surface area contributed by atoms with E-state index in [1.807, 2.05) is 19.9 Å². The standard InChI is InChI=1S/C20H27NO4/c1-13(2)6-5-7-15(4)21-19(22)12-24-16-8-9-17-14(3)10-20(23)25-18(17)11-16/h8-11,13,15H,5-7,12H2,1-4H3,(H,21,22). The van der Waals surface area contributed by atoms with Gasteiger partial charge in [0.2, 0.25) is 0 Å². The maximum Gasteiger partial charge on any atom is 0.336 e. The molecular weight excluding hydrogens is 318 g/mol. The third-order valence-electron chi connectivity index (χ3n) is 4.12. The minimum absolute atomic E-state index is 0.0594. The summed E-state index contributed by atoms with van der Waals surface area (Å²) in [5.74, 6) is 1.04. The summed E-state index contributed by atoms with van der Waals surface area (Å²) in [6.07, 6.45) is 3.23. The SMILES string of the molecule is Cc1cc(=O)oc2cc(OCC(=O)NC(C)CCCC(C)C)ccc12. The molecule has 0 bridgehead atoms. The first-order valence-electron chi connectivity index (χ1n) is 8.82. The van der Waals surface area contributed by atoms with Gasteiger partial charge in [-0.1, -0.05) is 26.7 Å². The molecule has 1 heterocycles. The molecule has 0 spiro atoms. The molecule has 25 heavy (non-hydrogen) atoms. The molecule has 1 aromatic carbocycles. The molecular formula is C20H27NO4. The van der Waals surface area contributed by atoms with Crippen LogP contribution < -0.4 is 15.7 Å². The van der Waals surface area contributed by atoms with Crippen molar-refractivity contribution in [3.05, 3.63) is 40.2 Å². The van der Waals surface area contributed by atoms with E-state index in [0.29, 0.717) is 17.3 Å². The smallest absolute Gasteiger partial charge is 0.336 e. The van der Waals surface area contributed by atoms with Crippen molar-refractivity contribution < 1.29 is 13.9 Å². The van der Waals surface area contributed by atoms with Crippen LogP contribution in [-0.4, -0.2) is 18.6 Å². The molecule has 2 rings (SSSR count). The Bertz CT molecular complexity index is 779. The Kier molecular flexibility index (Phi) is 6.62. The number of amides is 1. The van der Waals surface area contributed by atoms with Gasteiger partial charge < -0.3 is 14.5 Å². The number of rotatable bonds is 8. The summed E-state index contributed by atoms with van der Waals surface area (Å²) in [4.78, 5) is 23.4. The zero-order valence-electron chi connectivity index (χ0n) is 15.4. The fraction of sp³-hybridized carbons (Fsp3) is 0.500. The molecule has 5 heteroatoms. The van der Waals surface area contributed by atoms with Crippen LogP contribution in [-0.2, 0) is 4.79 Å². The molecule has 5 nitrogen and oxygen atoms in total. The number of fused-ring (bicyclic) bond motifs is 1. The van der Waals surface area contributed by atoms with Crippen molar-refractivity contribution in [2.45, 2.75) is 53.0 Å². The van der Waals surface area contributed by atoms with Crippen LogP contribution in [0.25, 0.3) is 11.0 Å². The van der Waals surface area contributed by atoms with Gasteiger partial charge in [-0.3, -0.25) is 4.79 Å². The number of hydrogen-bond donors (Lipinski definition) is 1. The predicted octanol–water partition coefficient (Wildman–Crippen LogP) is 3.81. The maximum atomic E-state index is 12.0. The lowest BCUT2D eigenvalue weighted by Crippen LogP contribution is -2.36. The zero-order chi connectivity index (χ0) is 18.4. The van der Waals surface area contributed by atoms with E-state index < -0.39 is 5.63 Å². The van der Waals surface area contributed by atoms with Gasteiger partial charge >= 0.3 is 5.63 Å². The summed E-state index contributed by atoms with van der Waals surface area (Å²) in [5.41, 5.74) is 0.922. The Morgan fingerprint density at radius 1 is 1.20 bits per heavy atom. The first-order chi connectivity index (χ1) is 11.8. The summed E-state index contributed by atoms with van der Waals surface area (Å²) in [6, 6.07) is 6.83. The minimum Gasteiger partial charge on any atom is -0.484 e. The lowest BCUT2D eigenvalue weighted by molar-refractivity contribution is -0.123. The van der Waals surface area contributed by atoms with Gasteiger partial charge in [-0.25, -0.2) is 4.79 Å². The van der Waals surface area contributed by atoms with Crippen molar-refractivity contribution in [1.29, 1.82) is 0 Å². The van der Waals surface area contributed by atoms with E-state index in [9.17, 15) is 9.59 Å². The first kappa shape index (κ1) is 19.0. The summed E-state index contributed by atoms with van der Waals surface area (Å²) in [6.45, 7) is 8.20. The number of nitrogens with one attached hydrogen (secondary N) is 1. The van der Waals surface area contributed by atoms with Gasteiger partial charge in [-0.15, -0.1) is 0 Å². The molecule has 1 amide bonds. The molecule has 136 valence electrons. The molecule has 1 unspecified atom stereocenters. The molecule has 2 aromatic rings. The van der Waals surface area contributed by atoms with Crippen LogP contribution >= 0.6 is 0 Å². The average molecular weight is 345 g/mol. The van der Waals surface area contributed by atoms with Crippen LogP contribution in [0.3, 0.4) is 0 Å². The van der Waals surface area contributed by atoms with Crippen molar-refractivity contribution in [3.63, 3.8) is 0 Å². The molecule has 0 aliphatic rings. The first-order valence-corrected chi connectivity index (χ1v) is 8.82. The molecule has 1 N–H and O–H groups in total. The molecule has 0 saturated heterocycles. The van der Waals surface area contributed by atoms with Crippen LogP contribution in [0.1, 0.15) is 45.6 Å². The second-order valence-corrected chi connectivity index (χ2v) is 6.99. The lowest BCUT2D eigenvalue weighted by atomic mass is 10.0. The molecule has 0 aliphatic carbocycles. The van der Waals surface area contributed by atoms with E-state index >= 15 is 0 Å². The number of hydrogen-bond acceptors (Lipinski definition) is 4. The molecule has 0 fully saturated rings. The Morgan fingerprint density at radius 2 is 1.96 bits per heavy atom. The number of benzene rings is 1. The van der Waals surface area contributed by atoms with Crippen molar-refractivity contribution in [2.75, 3.05) is 6.61 Å².